The van der Waals surface area contributed by atoms with E-state index in [-0.39, 0.29) is 11.0 Å². The topological polar surface area (TPSA) is 47.3 Å². The molecule has 2 aromatic rings. The molecular formula is C11H7ClO3. The number of rotatable bonds is 1. The highest BCUT2D eigenvalue weighted by molar-refractivity contribution is 6.34. The molecule has 3 nitrogen and oxygen atoms in total. The molecule has 0 aliphatic carbocycles. The molecule has 0 unspecified atom stereocenters. The molecule has 0 saturated carbocycles. The van der Waals surface area contributed by atoms with Crippen LogP contribution in [0.1, 0.15) is 15.9 Å². The summed E-state index contributed by atoms with van der Waals surface area (Å²) in [5, 5.41) is 0.712. The van der Waals surface area contributed by atoms with Crippen molar-refractivity contribution in [2.75, 3.05) is 0 Å². The van der Waals surface area contributed by atoms with Crippen LogP contribution in [0.3, 0.4) is 0 Å². The molecule has 1 aromatic carbocycles. The van der Waals surface area contributed by atoms with E-state index >= 15 is 0 Å². The molecule has 0 amide bonds. The fraction of sp³-hybridized carbons (Fsp3) is 0.0909. The zero-order valence-electron chi connectivity index (χ0n) is 7.91. The van der Waals surface area contributed by atoms with Gasteiger partial charge in [-0.15, -0.1) is 0 Å². The lowest BCUT2D eigenvalue weighted by Crippen LogP contribution is -2.07. The first-order valence-corrected chi connectivity index (χ1v) is 4.68. The molecule has 0 bridgehead atoms. The predicted molar refractivity (Wildman–Crippen MR) is 57.6 cm³/mol. The molecule has 1 aromatic heterocycles. The van der Waals surface area contributed by atoms with Crippen molar-refractivity contribution in [1.29, 1.82) is 0 Å². The van der Waals surface area contributed by atoms with Crippen molar-refractivity contribution in [2.24, 2.45) is 0 Å². The van der Waals surface area contributed by atoms with Crippen LogP contribution >= 0.6 is 11.6 Å². The summed E-state index contributed by atoms with van der Waals surface area (Å²) in [5.41, 5.74) is 0.821. The van der Waals surface area contributed by atoms with Gasteiger partial charge in [-0.3, -0.25) is 9.59 Å². The number of fused-ring (bicyclic) bond motifs is 1. The highest BCUT2D eigenvalue weighted by Gasteiger charge is 2.09. The number of benzene rings is 1. The Kier molecular flexibility index (Phi) is 2.32. The summed E-state index contributed by atoms with van der Waals surface area (Å²) in [6, 6.07) is 3.35. The molecule has 0 radical (unpaired) electrons. The third-order valence-corrected chi connectivity index (χ3v) is 2.41. The highest BCUT2D eigenvalue weighted by atomic mass is 35.5. The Hall–Kier alpha value is -1.61. The van der Waals surface area contributed by atoms with Gasteiger partial charge in [-0.05, 0) is 24.6 Å². The first kappa shape index (κ1) is 9.93. The van der Waals surface area contributed by atoms with Gasteiger partial charge in [0.1, 0.15) is 6.26 Å². The summed E-state index contributed by atoms with van der Waals surface area (Å²) >= 11 is 5.91. The second-order valence-electron chi connectivity index (χ2n) is 3.26. The molecule has 0 aliphatic rings. The van der Waals surface area contributed by atoms with Crippen LogP contribution in [0, 0.1) is 6.92 Å². The van der Waals surface area contributed by atoms with Gasteiger partial charge in [-0.2, -0.15) is 0 Å². The molecule has 0 atom stereocenters. The third kappa shape index (κ3) is 1.55. The molecule has 0 N–H and O–H groups in total. The van der Waals surface area contributed by atoms with Crippen LogP contribution < -0.4 is 5.43 Å². The molecule has 2 rings (SSSR count). The maximum atomic E-state index is 11.7. The molecule has 1 heterocycles. The number of halogens is 1. The second kappa shape index (κ2) is 3.51. The standard InChI is InChI=1S/C11H7ClO3/c1-6-2-8-10(14)7(4-13)5-15-11(8)9(12)3-6/h2-5H,1H3. The van der Waals surface area contributed by atoms with Gasteiger partial charge in [0.05, 0.1) is 16.0 Å². The lowest BCUT2D eigenvalue weighted by Gasteiger charge is -2.01. The Morgan fingerprint density at radius 3 is 2.80 bits per heavy atom. The van der Waals surface area contributed by atoms with Crippen LogP contribution in [-0.4, -0.2) is 6.29 Å². The van der Waals surface area contributed by atoms with Gasteiger partial charge in [0, 0.05) is 0 Å². The first-order valence-electron chi connectivity index (χ1n) is 4.30. The van der Waals surface area contributed by atoms with Crippen molar-refractivity contribution in [3.05, 3.63) is 44.8 Å². The SMILES string of the molecule is Cc1cc(Cl)c2occ(C=O)c(=O)c2c1. The first-order chi connectivity index (χ1) is 7.13. The molecule has 0 aliphatic heterocycles. The van der Waals surface area contributed by atoms with Crippen LogP contribution in [0.25, 0.3) is 11.0 Å². The largest absolute Gasteiger partial charge is 0.462 e. The minimum absolute atomic E-state index is 0.00386. The minimum atomic E-state index is -0.350. The summed E-state index contributed by atoms with van der Waals surface area (Å²) in [6.07, 6.45) is 1.60. The number of hydrogen-bond donors (Lipinski definition) is 0. The summed E-state index contributed by atoms with van der Waals surface area (Å²) in [5.74, 6) is 0. The fourth-order valence-corrected chi connectivity index (χ4v) is 1.75. The molecule has 15 heavy (non-hydrogen) atoms. The molecule has 0 fully saturated rings. The molecular weight excluding hydrogens is 216 g/mol. The van der Waals surface area contributed by atoms with E-state index in [0.29, 0.717) is 22.3 Å². The van der Waals surface area contributed by atoms with Gasteiger partial charge in [0.25, 0.3) is 0 Å². The fourth-order valence-electron chi connectivity index (χ4n) is 1.43. The van der Waals surface area contributed by atoms with Crippen molar-refractivity contribution in [1.82, 2.24) is 0 Å². The van der Waals surface area contributed by atoms with Gasteiger partial charge < -0.3 is 4.42 Å². The second-order valence-corrected chi connectivity index (χ2v) is 3.67. The van der Waals surface area contributed by atoms with E-state index < -0.39 is 0 Å². The van der Waals surface area contributed by atoms with Gasteiger partial charge in [0.15, 0.2) is 11.9 Å². The number of carbonyl (C=O) groups excluding carboxylic acids is 1. The number of hydrogen-bond acceptors (Lipinski definition) is 3. The maximum absolute atomic E-state index is 11.7. The van der Waals surface area contributed by atoms with E-state index in [1.807, 2.05) is 6.92 Å². The molecule has 0 spiro atoms. The van der Waals surface area contributed by atoms with Crippen molar-refractivity contribution in [2.45, 2.75) is 6.92 Å². The number of aldehydes is 1. The highest BCUT2D eigenvalue weighted by Crippen LogP contribution is 2.23. The normalized spacial score (nSPS) is 10.5. The Labute approximate surface area is 90.3 Å². The van der Waals surface area contributed by atoms with Crippen molar-refractivity contribution < 1.29 is 9.21 Å². The molecule has 76 valence electrons. The van der Waals surface area contributed by atoms with Gasteiger partial charge >= 0.3 is 0 Å². The smallest absolute Gasteiger partial charge is 0.203 e. The van der Waals surface area contributed by atoms with Gasteiger partial charge in [0.2, 0.25) is 5.43 Å². The Morgan fingerprint density at radius 2 is 2.13 bits per heavy atom. The average molecular weight is 223 g/mol. The predicted octanol–water partition coefficient (Wildman–Crippen LogP) is 2.57. The van der Waals surface area contributed by atoms with E-state index in [9.17, 15) is 9.59 Å². The van der Waals surface area contributed by atoms with Crippen LogP contribution in [0.5, 0.6) is 0 Å². The number of carbonyl (C=O) groups is 1. The van der Waals surface area contributed by atoms with Crippen LogP contribution in [0.15, 0.2) is 27.6 Å². The van der Waals surface area contributed by atoms with Crippen molar-refractivity contribution >= 4 is 28.9 Å². The summed E-state index contributed by atoms with van der Waals surface area (Å²) < 4.78 is 5.14. The zero-order chi connectivity index (χ0) is 11.0. The molecule has 4 heteroatoms. The van der Waals surface area contributed by atoms with Crippen LogP contribution in [-0.2, 0) is 0 Å². The van der Waals surface area contributed by atoms with E-state index in [1.54, 1.807) is 12.1 Å². The lowest BCUT2D eigenvalue weighted by molar-refractivity contribution is 0.112. The van der Waals surface area contributed by atoms with Gasteiger partial charge in [-0.25, -0.2) is 0 Å². The zero-order valence-corrected chi connectivity index (χ0v) is 8.67. The number of aryl methyl sites for hydroxylation is 1. The van der Waals surface area contributed by atoms with E-state index in [2.05, 4.69) is 0 Å². The minimum Gasteiger partial charge on any atom is -0.462 e. The van der Waals surface area contributed by atoms with E-state index in [0.717, 1.165) is 11.8 Å². The summed E-state index contributed by atoms with van der Waals surface area (Å²) in [6.45, 7) is 1.82. The lowest BCUT2D eigenvalue weighted by atomic mass is 10.1. The van der Waals surface area contributed by atoms with Crippen molar-refractivity contribution in [3.63, 3.8) is 0 Å². The monoisotopic (exact) mass is 222 g/mol. The molecule has 0 saturated heterocycles. The Morgan fingerprint density at radius 1 is 1.40 bits per heavy atom. The average Bonchev–Trinajstić information content (AvgIpc) is 2.19. The Balaban J connectivity index is 2.99. The van der Waals surface area contributed by atoms with Crippen LogP contribution in [0.4, 0.5) is 0 Å². The van der Waals surface area contributed by atoms with Gasteiger partial charge in [-0.1, -0.05) is 11.6 Å². The quantitative estimate of drug-likeness (QED) is 0.697. The van der Waals surface area contributed by atoms with Crippen LogP contribution in [0.2, 0.25) is 5.02 Å². The van der Waals surface area contributed by atoms with E-state index in [1.165, 1.54) is 0 Å². The maximum Gasteiger partial charge on any atom is 0.203 e. The van der Waals surface area contributed by atoms with Crippen molar-refractivity contribution in [3.8, 4) is 0 Å². The summed E-state index contributed by atoms with van der Waals surface area (Å²) in [4.78, 5) is 22.3. The van der Waals surface area contributed by atoms with E-state index in [4.69, 9.17) is 16.0 Å². The third-order valence-electron chi connectivity index (χ3n) is 2.13. The Bertz CT molecular complexity index is 599. The summed E-state index contributed by atoms with van der Waals surface area (Å²) in [7, 11) is 0.